The summed E-state index contributed by atoms with van der Waals surface area (Å²) in [6.07, 6.45) is 5.95. The van der Waals surface area contributed by atoms with Gasteiger partial charge in [-0.2, -0.15) is 8.78 Å². The molecule has 2 saturated carbocycles. The lowest BCUT2D eigenvalue weighted by Crippen LogP contribution is -2.51. The number of ether oxygens (including phenoxy) is 2. The van der Waals surface area contributed by atoms with Gasteiger partial charge in [-0.05, 0) is 44.9 Å². The number of rotatable bonds is 7. The Morgan fingerprint density at radius 2 is 2.06 bits per heavy atom. The predicted octanol–water partition coefficient (Wildman–Crippen LogP) is 2.70. The average molecular weight is 509 g/mol. The minimum absolute atomic E-state index is 0.0116. The first-order valence-electron chi connectivity index (χ1n) is 10.8. The maximum Gasteiger partial charge on any atom is 0.410 e. The zero-order chi connectivity index (χ0) is 24.0. The van der Waals surface area contributed by atoms with Crippen LogP contribution in [0.5, 0.6) is 0 Å². The lowest BCUT2D eigenvalue weighted by Gasteiger charge is -2.32. The maximum absolute atomic E-state index is 12.9. The van der Waals surface area contributed by atoms with Gasteiger partial charge >= 0.3 is 11.9 Å². The molecule has 0 bridgehead atoms. The Morgan fingerprint density at radius 1 is 1.36 bits per heavy atom. The van der Waals surface area contributed by atoms with Crippen molar-refractivity contribution >= 4 is 27.7 Å². The Labute approximate surface area is 196 Å². The van der Waals surface area contributed by atoms with Gasteiger partial charge in [-0.15, -0.1) is 0 Å². The van der Waals surface area contributed by atoms with E-state index in [9.17, 15) is 22.0 Å². The van der Waals surface area contributed by atoms with E-state index in [2.05, 4.69) is 9.97 Å². The highest BCUT2D eigenvalue weighted by atomic mass is 35.5. The molecule has 0 radical (unpaired) electrons. The van der Waals surface area contributed by atoms with Crippen molar-refractivity contribution in [1.29, 1.82) is 0 Å². The Morgan fingerprint density at radius 3 is 2.67 bits per heavy atom. The number of carbonyl (C=O) groups excluding carboxylic acids is 1. The Balaban J connectivity index is 1.41. The zero-order valence-electron chi connectivity index (χ0n) is 18.3. The molecule has 3 aliphatic rings. The third-order valence-electron chi connectivity index (χ3n) is 7.09. The largest absolute Gasteiger partial charge is 0.453 e. The quantitative estimate of drug-likeness (QED) is 0.602. The molecule has 13 heteroatoms. The molecule has 1 aliphatic heterocycles. The monoisotopic (exact) mass is 508 g/mol. The van der Waals surface area contributed by atoms with Gasteiger partial charge in [0, 0.05) is 29.9 Å². The van der Waals surface area contributed by atoms with E-state index in [-0.39, 0.29) is 24.5 Å². The fourth-order valence-corrected chi connectivity index (χ4v) is 6.23. The van der Waals surface area contributed by atoms with E-state index < -0.39 is 40.0 Å². The summed E-state index contributed by atoms with van der Waals surface area (Å²) in [7, 11) is -3.60. The van der Waals surface area contributed by atoms with Gasteiger partial charge in [-0.3, -0.25) is 4.90 Å². The van der Waals surface area contributed by atoms with Crippen LogP contribution in [-0.4, -0.2) is 73.1 Å². The van der Waals surface area contributed by atoms with Crippen molar-refractivity contribution in [3.8, 4) is 0 Å². The molecule has 1 saturated heterocycles. The molecule has 1 aromatic rings. The van der Waals surface area contributed by atoms with Crippen LogP contribution in [0.2, 0.25) is 5.02 Å². The van der Waals surface area contributed by atoms with Crippen LogP contribution in [0.1, 0.15) is 44.9 Å². The normalized spacial score (nSPS) is 33.8. The number of sulfonamides is 1. The molecule has 6 atom stereocenters. The molecule has 4 rings (SSSR count). The van der Waals surface area contributed by atoms with Gasteiger partial charge in [-0.25, -0.2) is 27.9 Å². The molecular weight excluding hydrogens is 482 g/mol. The number of fused-ring (bicyclic) bond motifs is 1. The summed E-state index contributed by atoms with van der Waals surface area (Å²) >= 11 is 5.89. The molecule has 0 unspecified atom stereocenters. The van der Waals surface area contributed by atoms with Crippen LogP contribution in [0.4, 0.5) is 13.6 Å². The van der Waals surface area contributed by atoms with E-state index in [1.165, 1.54) is 12.0 Å². The van der Waals surface area contributed by atoms with E-state index in [4.69, 9.17) is 21.1 Å². The number of methoxy groups -OCH3 is 1. The second-order valence-electron chi connectivity index (χ2n) is 9.07. The summed E-state index contributed by atoms with van der Waals surface area (Å²) < 4.78 is 62.4. The van der Waals surface area contributed by atoms with Crippen LogP contribution < -0.4 is 4.72 Å². The molecule has 1 aromatic heterocycles. The molecule has 1 N–H and O–H groups in total. The van der Waals surface area contributed by atoms with Crippen LogP contribution in [0, 0.1) is 5.92 Å². The number of amides is 1. The number of hydrogen-bond donors (Lipinski definition) is 1. The molecule has 0 spiro atoms. The Hall–Kier alpha value is -1.63. The third kappa shape index (κ3) is 4.80. The number of aromatic nitrogens is 2. The predicted molar refractivity (Wildman–Crippen MR) is 114 cm³/mol. The van der Waals surface area contributed by atoms with Crippen molar-refractivity contribution in [2.45, 2.75) is 74.4 Å². The molecule has 2 aliphatic carbocycles. The average Bonchev–Trinajstić information content (AvgIpc) is 3.42. The van der Waals surface area contributed by atoms with Crippen LogP contribution in [0.15, 0.2) is 12.4 Å². The number of hydrogen-bond acceptors (Lipinski definition) is 7. The van der Waals surface area contributed by atoms with Gasteiger partial charge in [0.05, 0.1) is 30.9 Å². The van der Waals surface area contributed by atoms with Gasteiger partial charge in [0.25, 0.3) is 10.0 Å². The fourth-order valence-electron chi connectivity index (χ4n) is 5.36. The van der Waals surface area contributed by atoms with E-state index in [0.717, 1.165) is 31.5 Å². The third-order valence-corrected chi connectivity index (χ3v) is 8.38. The lowest BCUT2D eigenvalue weighted by molar-refractivity contribution is -0.0103. The fraction of sp³-hybridized carbons (Fsp3) is 0.750. The first-order valence-corrected chi connectivity index (χ1v) is 12.7. The van der Waals surface area contributed by atoms with E-state index in [0.29, 0.717) is 10.9 Å². The highest BCUT2D eigenvalue weighted by molar-refractivity contribution is 7.89. The number of likely N-dealkylation sites (tertiary alicyclic amines) is 1. The highest BCUT2D eigenvalue weighted by Gasteiger charge is 2.60. The van der Waals surface area contributed by atoms with Gasteiger partial charge in [0.15, 0.2) is 0 Å². The van der Waals surface area contributed by atoms with Crippen molar-refractivity contribution < 1.29 is 31.5 Å². The van der Waals surface area contributed by atoms with Crippen molar-refractivity contribution in [3.05, 3.63) is 23.2 Å². The zero-order valence-corrected chi connectivity index (χ0v) is 19.9. The molecule has 3 fully saturated rings. The molecular formula is C20H27ClF2N4O5S. The van der Waals surface area contributed by atoms with Crippen molar-refractivity contribution in [1.82, 2.24) is 19.6 Å². The molecule has 33 heavy (non-hydrogen) atoms. The smallest absolute Gasteiger partial charge is 0.410 e. The first-order chi connectivity index (χ1) is 15.6. The molecule has 0 aromatic carbocycles. The van der Waals surface area contributed by atoms with Crippen LogP contribution in [0.3, 0.4) is 0 Å². The minimum Gasteiger partial charge on any atom is -0.453 e. The van der Waals surface area contributed by atoms with Crippen LogP contribution in [-0.2, 0) is 24.9 Å². The SMILES string of the molecule is COC(=O)N1[C@H](C)C[C@H](NS(=O)(=O)C(F)F)[C@@H]1CO[C@H]1CC[C@@]2(c3ncc(Cl)cn3)C[C@H]2C1. The number of alkyl halides is 2. The van der Waals surface area contributed by atoms with Crippen LogP contribution in [0.25, 0.3) is 0 Å². The van der Waals surface area contributed by atoms with Crippen molar-refractivity contribution in [2.24, 2.45) is 5.92 Å². The second kappa shape index (κ2) is 9.20. The maximum atomic E-state index is 12.9. The summed E-state index contributed by atoms with van der Waals surface area (Å²) in [5.74, 6) is -2.40. The Bertz CT molecular complexity index is 985. The Kier molecular flexibility index (Phi) is 6.83. The molecule has 1 amide bonds. The standard InChI is InChI=1S/C20H27ClF2N4O5S/c1-11-5-15(26-33(29,30)18(22)23)16(27(11)19(28)31-2)10-32-14-3-4-20(7-12(20)6-14)17-24-8-13(21)9-25-17/h8-9,11-12,14-16,18,26H,3-7,10H2,1-2H3/t11-,12-,14+,15+,16+,20-/m1/s1. The molecule has 9 nitrogen and oxygen atoms in total. The number of carbonyl (C=O) groups is 1. The number of nitrogens with one attached hydrogen (secondary N) is 1. The van der Waals surface area contributed by atoms with Gasteiger partial charge in [0.1, 0.15) is 5.82 Å². The van der Waals surface area contributed by atoms with E-state index >= 15 is 0 Å². The van der Waals surface area contributed by atoms with Gasteiger partial charge < -0.3 is 9.47 Å². The van der Waals surface area contributed by atoms with Crippen molar-refractivity contribution in [3.63, 3.8) is 0 Å². The van der Waals surface area contributed by atoms with E-state index in [1.54, 1.807) is 19.3 Å². The summed E-state index contributed by atoms with van der Waals surface area (Å²) in [6.45, 7) is 1.73. The van der Waals surface area contributed by atoms with Gasteiger partial charge in [0.2, 0.25) is 0 Å². The summed E-state index contributed by atoms with van der Waals surface area (Å²) in [4.78, 5) is 22.5. The highest BCUT2D eigenvalue weighted by Crippen LogP contribution is 2.61. The van der Waals surface area contributed by atoms with Crippen LogP contribution >= 0.6 is 11.6 Å². The summed E-state index contributed by atoms with van der Waals surface area (Å²) in [5.41, 5.74) is -0.0557. The van der Waals surface area contributed by atoms with Crippen molar-refractivity contribution in [2.75, 3.05) is 13.7 Å². The summed E-state index contributed by atoms with van der Waals surface area (Å²) in [5, 5.41) is 0.488. The number of nitrogens with zero attached hydrogens (tertiary/aromatic N) is 3. The minimum atomic E-state index is -4.82. The van der Waals surface area contributed by atoms with E-state index in [1.807, 2.05) is 4.72 Å². The first kappa shape index (κ1) is 24.5. The topological polar surface area (TPSA) is 111 Å². The summed E-state index contributed by atoms with van der Waals surface area (Å²) in [6, 6.07) is -2.06. The molecule has 184 valence electrons. The lowest BCUT2D eigenvalue weighted by atomic mass is 9.86. The van der Waals surface area contributed by atoms with Gasteiger partial charge in [-0.1, -0.05) is 11.6 Å². The molecule has 2 heterocycles. The second-order valence-corrected chi connectivity index (χ2v) is 11.2. The number of halogens is 3.